The highest BCUT2D eigenvalue weighted by Gasteiger charge is 2.10. The Bertz CT molecular complexity index is 150. The maximum atomic E-state index is 11.0. The number of hydrogen-bond acceptors (Lipinski definition) is 4. The molecule has 0 bridgehead atoms. The van der Waals surface area contributed by atoms with E-state index in [-0.39, 0.29) is 12.5 Å². The minimum absolute atomic E-state index is 0.291. The molecule has 78 valence electrons. The fourth-order valence-electron chi connectivity index (χ4n) is 0.821. The van der Waals surface area contributed by atoms with Crippen molar-refractivity contribution in [1.82, 2.24) is 10.2 Å². The van der Waals surface area contributed by atoms with Crippen molar-refractivity contribution in [3.63, 3.8) is 0 Å². The van der Waals surface area contributed by atoms with Gasteiger partial charge in [0.1, 0.15) is 6.04 Å². The van der Waals surface area contributed by atoms with Crippen molar-refractivity contribution in [2.24, 2.45) is 5.73 Å². The van der Waals surface area contributed by atoms with Gasteiger partial charge in [-0.05, 0) is 27.1 Å². The normalized spacial score (nSPS) is 13.0. The standard InChI is InChI=1S/C8H19N3O2/c1-11(2)5-3-4-10-8(13)7(9)6-12/h7,12H,3-6,9H2,1-2H3,(H,10,13). The monoisotopic (exact) mass is 189 g/mol. The summed E-state index contributed by atoms with van der Waals surface area (Å²) in [5.41, 5.74) is 5.29. The fourth-order valence-corrected chi connectivity index (χ4v) is 0.821. The molecular weight excluding hydrogens is 170 g/mol. The minimum Gasteiger partial charge on any atom is -0.394 e. The Labute approximate surface area is 78.9 Å². The van der Waals surface area contributed by atoms with E-state index in [4.69, 9.17) is 10.8 Å². The van der Waals surface area contributed by atoms with Gasteiger partial charge in [0.2, 0.25) is 5.91 Å². The van der Waals surface area contributed by atoms with E-state index in [1.807, 2.05) is 19.0 Å². The summed E-state index contributed by atoms with van der Waals surface area (Å²) in [6, 6.07) is -0.792. The van der Waals surface area contributed by atoms with Crippen LogP contribution in [0.2, 0.25) is 0 Å². The minimum atomic E-state index is -0.792. The van der Waals surface area contributed by atoms with Crippen LogP contribution in [-0.2, 0) is 4.79 Å². The molecule has 0 saturated heterocycles. The number of hydrogen-bond donors (Lipinski definition) is 3. The maximum Gasteiger partial charge on any atom is 0.239 e. The van der Waals surface area contributed by atoms with Crippen LogP contribution in [0.15, 0.2) is 0 Å². The van der Waals surface area contributed by atoms with Gasteiger partial charge in [0.15, 0.2) is 0 Å². The van der Waals surface area contributed by atoms with E-state index in [0.717, 1.165) is 13.0 Å². The van der Waals surface area contributed by atoms with Crippen LogP contribution < -0.4 is 11.1 Å². The summed E-state index contributed by atoms with van der Waals surface area (Å²) in [5.74, 6) is -0.291. The fraction of sp³-hybridized carbons (Fsp3) is 0.875. The van der Waals surface area contributed by atoms with Crippen molar-refractivity contribution in [1.29, 1.82) is 0 Å². The largest absolute Gasteiger partial charge is 0.394 e. The molecule has 0 aromatic heterocycles. The van der Waals surface area contributed by atoms with Gasteiger partial charge in [-0.3, -0.25) is 4.79 Å². The summed E-state index contributed by atoms with van der Waals surface area (Å²) >= 11 is 0. The predicted molar refractivity (Wildman–Crippen MR) is 51.2 cm³/mol. The van der Waals surface area contributed by atoms with Gasteiger partial charge >= 0.3 is 0 Å². The number of rotatable bonds is 6. The Morgan fingerprint density at radius 2 is 2.23 bits per heavy atom. The average molecular weight is 189 g/mol. The molecular formula is C8H19N3O2. The summed E-state index contributed by atoms with van der Waals surface area (Å²) in [4.78, 5) is 13.0. The highest BCUT2D eigenvalue weighted by atomic mass is 16.3. The van der Waals surface area contributed by atoms with Gasteiger partial charge in [0, 0.05) is 6.54 Å². The summed E-state index contributed by atoms with van der Waals surface area (Å²) < 4.78 is 0. The third-order valence-electron chi connectivity index (χ3n) is 1.61. The van der Waals surface area contributed by atoms with E-state index < -0.39 is 6.04 Å². The highest BCUT2D eigenvalue weighted by Crippen LogP contribution is 1.82. The first-order valence-electron chi connectivity index (χ1n) is 4.36. The van der Waals surface area contributed by atoms with Crippen molar-refractivity contribution in [3.05, 3.63) is 0 Å². The third-order valence-corrected chi connectivity index (χ3v) is 1.61. The second-order valence-corrected chi connectivity index (χ2v) is 3.24. The number of nitrogens with two attached hydrogens (primary N) is 1. The molecule has 1 amide bonds. The number of aliphatic hydroxyl groups excluding tert-OH is 1. The molecule has 4 N–H and O–H groups in total. The Morgan fingerprint density at radius 3 is 2.69 bits per heavy atom. The number of aliphatic hydroxyl groups is 1. The molecule has 0 radical (unpaired) electrons. The van der Waals surface area contributed by atoms with Crippen LogP contribution in [0.1, 0.15) is 6.42 Å². The molecule has 0 fully saturated rings. The molecule has 5 nitrogen and oxygen atoms in total. The summed E-state index contributed by atoms with van der Waals surface area (Å²) in [6.07, 6.45) is 0.886. The zero-order chi connectivity index (χ0) is 10.3. The average Bonchev–Trinajstić information content (AvgIpc) is 2.10. The van der Waals surface area contributed by atoms with Crippen LogP contribution in [-0.4, -0.2) is 55.7 Å². The van der Waals surface area contributed by atoms with E-state index in [9.17, 15) is 4.79 Å². The number of nitrogens with one attached hydrogen (secondary N) is 1. The van der Waals surface area contributed by atoms with Crippen molar-refractivity contribution < 1.29 is 9.90 Å². The topological polar surface area (TPSA) is 78.6 Å². The predicted octanol–water partition coefficient (Wildman–Crippen LogP) is -1.63. The Balaban J connectivity index is 3.37. The molecule has 0 aliphatic carbocycles. The zero-order valence-electron chi connectivity index (χ0n) is 8.29. The van der Waals surface area contributed by atoms with Gasteiger partial charge < -0.3 is 21.1 Å². The van der Waals surface area contributed by atoms with Gasteiger partial charge in [0.25, 0.3) is 0 Å². The lowest BCUT2D eigenvalue weighted by molar-refractivity contribution is -0.123. The number of amides is 1. The third kappa shape index (κ3) is 6.51. The molecule has 5 heteroatoms. The Kier molecular flexibility index (Phi) is 6.48. The maximum absolute atomic E-state index is 11.0. The van der Waals surface area contributed by atoms with Crippen LogP contribution in [0.25, 0.3) is 0 Å². The molecule has 0 aliphatic rings. The van der Waals surface area contributed by atoms with Gasteiger partial charge in [0.05, 0.1) is 6.61 Å². The molecule has 0 rings (SSSR count). The summed E-state index contributed by atoms with van der Waals surface area (Å²) in [7, 11) is 3.95. The van der Waals surface area contributed by atoms with Crippen molar-refractivity contribution >= 4 is 5.91 Å². The molecule has 1 atom stereocenters. The number of carbonyl (C=O) groups is 1. The lowest BCUT2D eigenvalue weighted by Crippen LogP contribution is -2.43. The van der Waals surface area contributed by atoms with Crippen LogP contribution in [0.5, 0.6) is 0 Å². The van der Waals surface area contributed by atoms with E-state index in [1.54, 1.807) is 0 Å². The Morgan fingerprint density at radius 1 is 1.62 bits per heavy atom. The second-order valence-electron chi connectivity index (χ2n) is 3.24. The molecule has 0 spiro atoms. The van der Waals surface area contributed by atoms with Gasteiger partial charge in [-0.2, -0.15) is 0 Å². The lowest BCUT2D eigenvalue weighted by Gasteiger charge is -2.11. The first-order chi connectivity index (χ1) is 6.07. The van der Waals surface area contributed by atoms with Crippen LogP contribution in [0.3, 0.4) is 0 Å². The molecule has 0 saturated carbocycles. The van der Waals surface area contributed by atoms with Gasteiger partial charge in [-0.25, -0.2) is 0 Å². The molecule has 0 aromatic carbocycles. The van der Waals surface area contributed by atoms with Crippen molar-refractivity contribution in [2.45, 2.75) is 12.5 Å². The van der Waals surface area contributed by atoms with Crippen molar-refractivity contribution in [3.8, 4) is 0 Å². The first-order valence-corrected chi connectivity index (χ1v) is 4.36. The highest BCUT2D eigenvalue weighted by molar-refractivity contribution is 5.81. The SMILES string of the molecule is CN(C)CCCNC(=O)C(N)CO. The van der Waals surface area contributed by atoms with Crippen molar-refractivity contribution in [2.75, 3.05) is 33.8 Å². The van der Waals surface area contributed by atoms with Crippen LogP contribution >= 0.6 is 0 Å². The summed E-state index contributed by atoms with van der Waals surface area (Å²) in [5, 5.41) is 11.2. The van der Waals surface area contributed by atoms with Crippen LogP contribution in [0, 0.1) is 0 Å². The van der Waals surface area contributed by atoms with Gasteiger partial charge in [-0.15, -0.1) is 0 Å². The van der Waals surface area contributed by atoms with E-state index in [2.05, 4.69) is 5.32 Å². The molecule has 13 heavy (non-hydrogen) atoms. The molecule has 1 unspecified atom stereocenters. The zero-order valence-corrected chi connectivity index (χ0v) is 8.29. The molecule has 0 aliphatic heterocycles. The summed E-state index contributed by atoms with van der Waals surface area (Å²) in [6.45, 7) is 1.22. The molecule has 0 aromatic rings. The first kappa shape index (κ1) is 12.3. The van der Waals surface area contributed by atoms with E-state index in [0.29, 0.717) is 6.54 Å². The smallest absolute Gasteiger partial charge is 0.239 e. The van der Waals surface area contributed by atoms with E-state index >= 15 is 0 Å². The second kappa shape index (κ2) is 6.82. The quantitative estimate of drug-likeness (QED) is 0.439. The van der Waals surface area contributed by atoms with Gasteiger partial charge in [-0.1, -0.05) is 0 Å². The molecule has 0 heterocycles. The van der Waals surface area contributed by atoms with Crippen LogP contribution in [0.4, 0.5) is 0 Å². The number of nitrogens with zero attached hydrogens (tertiary/aromatic N) is 1. The number of carbonyl (C=O) groups excluding carboxylic acids is 1. The Hall–Kier alpha value is -0.650. The van der Waals surface area contributed by atoms with E-state index in [1.165, 1.54) is 0 Å². The lowest BCUT2D eigenvalue weighted by atomic mass is 10.3.